The Morgan fingerprint density at radius 2 is 0.791 bits per heavy atom. The standard InChI is InChI=1S/C41H62O2/c1-32(2)15-9-16-33(3)17-10-18-34(4)19-11-20-35(5)21-12-22-36(6)23-13-24-37(7)25-14-26-38(8)27-28-39-31-40(42)29-30-41(39)43/h15,17,19,21,23,25,27,29-31,42-43H,9-14,16,18,20,22,24,26,28H2,1-8H3. The van der Waals surface area contributed by atoms with E-state index in [2.05, 4.69) is 97.9 Å². The van der Waals surface area contributed by atoms with Gasteiger partial charge in [0.15, 0.2) is 0 Å². The Hall–Kier alpha value is -3.00. The molecule has 0 bridgehead atoms. The maximum Gasteiger partial charge on any atom is 0.119 e. The summed E-state index contributed by atoms with van der Waals surface area (Å²) in [5, 5.41) is 19.6. The van der Waals surface area contributed by atoms with Crippen molar-refractivity contribution in [2.45, 2.75) is 139 Å². The fourth-order valence-electron chi connectivity index (χ4n) is 4.95. The Labute approximate surface area is 265 Å². The van der Waals surface area contributed by atoms with Crippen molar-refractivity contribution in [3.05, 3.63) is 105 Å². The molecule has 0 radical (unpaired) electrons. The Morgan fingerprint density at radius 3 is 1.14 bits per heavy atom. The van der Waals surface area contributed by atoms with E-state index >= 15 is 0 Å². The first kappa shape index (κ1) is 38.0. The highest BCUT2D eigenvalue weighted by Gasteiger charge is 2.01. The Bertz CT molecular complexity index is 1180. The van der Waals surface area contributed by atoms with Gasteiger partial charge in [-0.05, 0) is 157 Å². The van der Waals surface area contributed by atoms with E-state index in [4.69, 9.17) is 0 Å². The number of phenols is 2. The maximum absolute atomic E-state index is 9.94. The molecule has 0 fully saturated rings. The predicted octanol–water partition coefficient (Wildman–Crippen LogP) is 13.0. The van der Waals surface area contributed by atoms with E-state index < -0.39 is 0 Å². The summed E-state index contributed by atoms with van der Waals surface area (Å²) in [4.78, 5) is 0. The van der Waals surface area contributed by atoms with E-state index in [-0.39, 0.29) is 11.5 Å². The lowest BCUT2D eigenvalue weighted by Gasteiger charge is -2.05. The minimum Gasteiger partial charge on any atom is -0.508 e. The number of allylic oxidation sites excluding steroid dienone is 14. The van der Waals surface area contributed by atoms with Gasteiger partial charge in [0.2, 0.25) is 0 Å². The fourth-order valence-corrected chi connectivity index (χ4v) is 4.95. The lowest BCUT2D eigenvalue weighted by molar-refractivity contribution is 0.455. The maximum atomic E-state index is 9.94. The van der Waals surface area contributed by atoms with E-state index in [1.165, 1.54) is 57.9 Å². The molecule has 2 heteroatoms. The lowest BCUT2D eigenvalue weighted by Crippen LogP contribution is -1.86. The van der Waals surface area contributed by atoms with Crippen molar-refractivity contribution in [2.24, 2.45) is 0 Å². The van der Waals surface area contributed by atoms with Crippen molar-refractivity contribution in [1.82, 2.24) is 0 Å². The van der Waals surface area contributed by atoms with Gasteiger partial charge < -0.3 is 10.2 Å². The third-order valence-corrected chi connectivity index (χ3v) is 7.98. The molecule has 1 aromatic carbocycles. The molecule has 0 saturated heterocycles. The second kappa shape index (κ2) is 22.5. The van der Waals surface area contributed by atoms with Crippen molar-refractivity contribution < 1.29 is 10.2 Å². The smallest absolute Gasteiger partial charge is 0.119 e. The van der Waals surface area contributed by atoms with Crippen molar-refractivity contribution in [1.29, 1.82) is 0 Å². The lowest BCUT2D eigenvalue weighted by atomic mass is 10.0. The zero-order valence-corrected chi connectivity index (χ0v) is 28.9. The van der Waals surface area contributed by atoms with Crippen LogP contribution in [-0.2, 0) is 6.42 Å². The molecule has 0 aliphatic rings. The first-order chi connectivity index (χ1) is 20.5. The molecule has 43 heavy (non-hydrogen) atoms. The average Bonchev–Trinajstić information content (AvgIpc) is 2.93. The summed E-state index contributed by atoms with van der Waals surface area (Å²) in [5.41, 5.74) is 11.0. The SMILES string of the molecule is CC(C)=CCCC(C)=CCCC(C)=CCCC(C)=CCCC(C)=CCCC(C)=CCCC(C)=CCc1cc(O)ccc1O. The van der Waals surface area contributed by atoms with Crippen LogP contribution in [0.1, 0.15) is 138 Å². The summed E-state index contributed by atoms with van der Waals surface area (Å²) in [7, 11) is 0. The quantitative estimate of drug-likeness (QED) is 0.118. The van der Waals surface area contributed by atoms with Crippen LogP contribution in [0, 0.1) is 0 Å². The largest absolute Gasteiger partial charge is 0.508 e. The number of hydrogen-bond acceptors (Lipinski definition) is 2. The Balaban J connectivity index is 2.26. The molecule has 0 amide bonds. The van der Waals surface area contributed by atoms with E-state index in [0.29, 0.717) is 6.42 Å². The highest BCUT2D eigenvalue weighted by molar-refractivity contribution is 5.39. The summed E-state index contributed by atoms with van der Waals surface area (Å²) >= 11 is 0. The van der Waals surface area contributed by atoms with Crippen LogP contribution in [0.15, 0.2) is 99.7 Å². The summed E-state index contributed by atoms with van der Waals surface area (Å²) in [6.07, 6.45) is 30.7. The van der Waals surface area contributed by atoms with E-state index in [1.807, 2.05) is 0 Å². The van der Waals surface area contributed by atoms with Crippen LogP contribution in [-0.4, -0.2) is 10.2 Å². The molecule has 0 atom stereocenters. The van der Waals surface area contributed by atoms with Crippen molar-refractivity contribution >= 4 is 0 Å². The van der Waals surface area contributed by atoms with Gasteiger partial charge in [0.1, 0.15) is 11.5 Å². The summed E-state index contributed by atoms with van der Waals surface area (Å²) in [5.74, 6) is 0.430. The molecule has 0 aliphatic heterocycles. The van der Waals surface area contributed by atoms with Crippen molar-refractivity contribution in [2.75, 3.05) is 0 Å². The van der Waals surface area contributed by atoms with Gasteiger partial charge in [-0.1, -0.05) is 81.5 Å². The first-order valence-electron chi connectivity index (χ1n) is 16.5. The zero-order chi connectivity index (χ0) is 32.0. The molecule has 2 nitrogen and oxygen atoms in total. The monoisotopic (exact) mass is 586 g/mol. The van der Waals surface area contributed by atoms with E-state index in [9.17, 15) is 10.2 Å². The molecular formula is C41H62O2. The van der Waals surface area contributed by atoms with Crippen LogP contribution in [0.5, 0.6) is 11.5 Å². The average molecular weight is 587 g/mol. The van der Waals surface area contributed by atoms with Crippen LogP contribution in [0.3, 0.4) is 0 Å². The van der Waals surface area contributed by atoms with Gasteiger partial charge in [-0.15, -0.1) is 0 Å². The van der Waals surface area contributed by atoms with E-state index in [1.54, 1.807) is 12.1 Å². The van der Waals surface area contributed by atoms with Crippen molar-refractivity contribution in [3.8, 4) is 11.5 Å². The highest BCUT2D eigenvalue weighted by atomic mass is 16.3. The molecule has 1 rings (SSSR count). The van der Waals surface area contributed by atoms with Crippen LogP contribution in [0.4, 0.5) is 0 Å². The molecule has 0 spiro atoms. The molecule has 1 aromatic rings. The van der Waals surface area contributed by atoms with Gasteiger partial charge in [0, 0.05) is 5.56 Å². The minimum atomic E-state index is 0.193. The van der Waals surface area contributed by atoms with Crippen molar-refractivity contribution in [3.63, 3.8) is 0 Å². The number of phenolic OH excluding ortho intramolecular Hbond substituents is 2. The Morgan fingerprint density at radius 1 is 0.465 bits per heavy atom. The molecule has 0 heterocycles. The number of benzene rings is 1. The number of aromatic hydroxyl groups is 2. The van der Waals surface area contributed by atoms with Crippen LogP contribution in [0.25, 0.3) is 0 Å². The molecule has 2 N–H and O–H groups in total. The van der Waals surface area contributed by atoms with Gasteiger partial charge in [-0.2, -0.15) is 0 Å². The summed E-state index contributed by atoms with van der Waals surface area (Å²) < 4.78 is 0. The topological polar surface area (TPSA) is 40.5 Å². The molecule has 0 saturated carbocycles. The normalized spacial score (nSPS) is 14.0. The van der Waals surface area contributed by atoms with Gasteiger partial charge in [-0.3, -0.25) is 0 Å². The fraction of sp³-hybridized carbons (Fsp3) is 0.512. The molecule has 0 aliphatic carbocycles. The van der Waals surface area contributed by atoms with Crippen LogP contribution < -0.4 is 0 Å². The zero-order valence-electron chi connectivity index (χ0n) is 28.9. The van der Waals surface area contributed by atoms with Gasteiger partial charge in [0.25, 0.3) is 0 Å². The van der Waals surface area contributed by atoms with Gasteiger partial charge in [0.05, 0.1) is 0 Å². The number of rotatable bonds is 20. The van der Waals surface area contributed by atoms with E-state index in [0.717, 1.165) is 69.8 Å². The molecule has 0 aromatic heterocycles. The Kier molecular flexibility index (Phi) is 19.9. The van der Waals surface area contributed by atoms with Crippen LogP contribution in [0.2, 0.25) is 0 Å². The molecule has 238 valence electrons. The highest BCUT2D eigenvalue weighted by Crippen LogP contribution is 2.23. The number of hydrogen-bond donors (Lipinski definition) is 2. The van der Waals surface area contributed by atoms with Gasteiger partial charge in [-0.25, -0.2) is 0 Å². The minimum absolute atomic E-state index is 0.193. The third kappa shape index (κ3) is 20.5. The molecular weight excluding hydrogens is 524 g/mol. The second-order valence-electron chi connectivity index (χ2n) is 12.8. The van der Waals surface area contributed by atoms with Gasteiger partial charge >= 0.3 is 0 Å². The predicted molar refractivity (Wildman–Crippen MR) is 191 cm³/mol. The summed E-state index contributed by atoms with van der Waals surface area (Å²) in [6, 6.07) is 4.69. The first-order valence-corrected chi connectivity index (χ1v) is 16.5. The second-order valence-corrected chi connectivity index (χ2v) is 12.8. The molecule has 0 unspecified atom stereocenters. The summed E-state index contributed by atoms with van der Waals surface area (Å²) in [6.45, 7) is 17.8. The third-order valence-electron chi connectivity index (χ3n) is 7.98. The van der Waals surface area contributed by atoms with Crippen LogP contribution >= 0.6 is 0 Å².